The van der Waals surface area contributed by atoms with Gasteiger partial charge in [-0.05, 0) is 12.3 Å². The minimum Gasteiger partial charge on any atom is -0.299 e. The zero-order valence-electron chi connectivity index (χ0n) is 11.4. The van der Waals surface area contributed by atoms with Gasteiger partial charge in [0.25, 0.3) is 0 Å². The van der Waals surface area contributed by atoms with E-state index in [0.29, 0.717) is 12.3 Å². The van der Waals surface area contributed by atoms with Crippen LogP contribution in [0.2, 0.25) is 0 Å². The maximum Gasteiger partial charge on any atom is 0.227 e. The number of hydrogen-bond donors (Lipinski definition) is 1. The zero-order chi connectivity index (χ0) is 13.6. The lowest BCUT2D eigenvalue weighted by Gasteiger charge is -2.19. The Bertz CT molecular complexity index is 295. The van der Waals surface area contributed by atoms with Crippen LogP contribution >= 0.6 is 0 Å². The van der Waals surface area contributed by atoms with Gasteiger partial charge in [-0.15, -0.1) is 0 Å². The Morgan fingerprint density at radius 2 is 1.59 bits per heavy atom. The standard InChI is InChI=1S/C13H23NO3/c1-8(2)6-11(13(17)9(3)4)7-12(16)14-10(5)15/h8-9,11H,6-7H2,1-5H3,(H,14,15,16). The molecule has 0 aromatic heterocycles. The van der Waals surface area contributed by atoms with Crippen molar-refractivity contribution in [2.45, 2.75) is 47.5 Å². The molecule has 1 N–H and O–H groups in total. The van der Waals surface area contributed by atoms with Crippen molar-refractivity contribution in [3.8, 4) is 0 Å². The number of nitrogens with one attached hydrogen (secondary N) is 1. The molecule has 0 aromatic rings. The molecule has 0 saturated carbocycles. The Morgan fingerprint density at radius 3 is 1.94 bits per heavy atom. The summed E-state index contributed by atoms with van der Waals surface area (Å²) in [5.74, 6) is -0.657. The molecule has 17 heavy (non-hydrogen) atoms. The number of Topliss-reactive ketones (excluding diaryl/α,β-unsaturated/α-hetero) is 1. The topological polar surface area (TPSA) is 63.2 Å². The SMILES string of the molecule is CC(=O)NC(=O)CC(CC(C)C)C(=O)C(C)C. The first-order valence-electron chi connectivity index (χ1n) is 6.08. The second-order valence-electron chi connectivity index (χ2n) is 5.19. The molecule has 0 aromatic carbocycles. The van der Waals surface area contributed by atoms with Gasteiger partial charge in [0, 0.05) is 25.2 Å². The quantitative estimate of drug-likeness (QED) is 0.772. The van der Waals surface area contributed by atoms with Crippen molar-refractivity contribution < 1.29 is 14.4 Å². The Balaban J connectivity index is 4.54. The van der Waals surface area contributed by atoms with Crippen LogP contribution in [0, 0.1) is 17.8 Å². The largest absolute Gasteiger partial charge is 0.299 e. The lowest BCUT2D eigenvalue weighted by atomic mass is 9.85. The van der Waals surface area contributed by atoms with Gasteiger partial charge in [-0.3, -0.25) is 19.7 Å². The van der Waals surface area contributed by atoms with Crippen LogP contribution in [-0.4, -0.2) is 17.6 Å². The molecule has 0 spiro atoms. The molecule has 0 radical (unpaired) electrons. The van der Waals surface area contributed by atoms with Crippen molar-refractivity contribution in [1.29, 1.82) is 0 Å². The maximum absolute atomic E-state index is 11.9. The van der Waals surface area contributed by atoms with Crippen LogP contribution in [0.1, 0.15) is 47.5 Å². The van der Waals surface area contributed by atoms with Crippen molar-refractivity contribution in [2.75, 3.05) is 0 Å². The van der Waals surface area contributed by atoms with Crippen molar-refractivity contribution >= 4 is 17.6 Å². The van der Waals surface area contributed by atoms with Crippen LogP contribution in [0.3, 0.4) is 0 Å². The lowest BCUT2D eigenvalue weighted by Crippen LogP contribution is -2.33. The predicted octanol–water partition coefficient (Wildman–Crippen LogP) is 1.93. The van der Waals surface area contributed by atoms with Crippen molar-refractivity contribution in [3.05, 3.63) is 0 Å². The van der Waals surface area contributed by atoms with E-state index in [1.165, 1.54) is 6.92 Å². The van der Waals surface area contributed by atoms with Gasteiger partial charge in [0.1, 0.15) is 5.78 Å². The van der Waals surface area contributed by atoms with E-state index >= 15 is 0 Å². The molecule has 0 fully saturated rings. The van der Waals surface area contributed by atoms with Crippen molar-refractivity contribution in [1.82, 2.24) is 5.32 Å². The summed E-state index contributed by atoms with van der Waals surface area (Å²) in [7, 11) is 0. The van der Waals surface area contributed by atoms with Gasteiger partial charge in [0.2, 0.25) is 11.8 Å². The fourth-order valence-electron chi connectivity index (χ4n) is 1.81. The monoisotopic (exact) mass is 241 g/mol. The molecule has 0 saturated heterocycles. The minimum absolute atomic E-state index is 0.0797. The van der Waals surface area contributed by atoms with Crippen LogP contribution in [0.25, 0.3) is 0 Å². The van der Waals surface area contributed by atoms with E-state index in [2.05, 4.69) is 5.32 Å². The second kappa shape index (κ2) is 7.20. The van der Waals surface area contributed by atoms with E-state index in [1.54, 1.807) is 0 Å². The van der Waals surface area contributed by atoms with E-state index < -0.39 is 0 Å². The van der Waals surface area contributed by atoms with E-state index in [4.69, 9.17) is 0 Å². The highest BCUT2D eigenvalue weighted by Crippen LogP contribution is 2.20. The van der Waals surface area contributed by atoms with E-state index in [1.807, 2.05) is 27.7 Å². The molecule has 2 amide bonds. The van der Waals surface area contributed by atoms with Crippen LogP contribution in [-0.2, 0) is 14.4 Å². The summed E-state index contributed by atoms with van der Waals surface area (Å²) in [6.45, 7) is 8.99. The van der Waals surface area contributed by atoms with Crippen LogP contribution in [0.15, 0.2) is 0 Å². The average molecular weight is 241 g/mol. The number of imide groups is 1. The first-order valence-corrected chi connectivity index (χ1v) is 6.08. The smallest absolute Gasteiger partial charge is 0.227 e. The Morgan fingerprint density at radius 1 is 1.06 bits per heavy atom. The number of hydrogen-bond acceptors (Lipinski definition) is 3. The van der Waals surface area contributed by atoms with Gasteiger partial charge in [0.05, 0.1) is 0 Å². The highest BCUT2D eigenvalue weighted by molar-refractivity contribution is 5.96. The number of ketones is 1. The van der Waals surface area contributed by atoms with Gasteiger partial charge in [0.15, 0.2) is 0 Å². The molecule has 0 aliphatic carbocycles. The molecule has 1 unspecified atom stereocenters. The fourth-order valence-corrected chi connectivity index (χ4v) is 1.81. The van der Waals surface area contributed by atoms with Crippen molar-refractivity contribution in [2.24, 2.45) is 17.8 Å². The highest BCUT2D eigenvalue weighted by atomic mass is 16.2. The third-order valence-electron chi connectivity index (χ3n) is 2.47. The molecule has 0 heterocycles. The molecular weight excluding hydrogens is 218 g/mol. The Hall–Kier alpha value is -1.19. The van der Waals surface area contributed by atoms with E-state index in [9.17, 15) is 14.4 Å². The third kappa shape index (κ3) is 6.87. The lowest BCUT2D eigenvalue weighted by molar-refractivity contribution is -0.134. The summed E-state index contributed by atoms with van der Waals surface area (Å²) in [4.78, 5) is 34.2. The fraction of sp³-hybridized carbons (Fsp3) is 0.769. The Labute approximate surface area is 103 Å². The molecule has 0 rings (SSSR count). The van der Waals surface area contributed by atoms with Crippen LogP contribution in [0.4, 0.5) is 0 Å². The number of carbonyl (C=O) groups is 3. The van der Waals surface area contributed by atoms with Gasteiger partial charge in [-0.2, -0.15) is 0 Å². The van der Waals surface area contributed by atoms with Crippen molar-refractivity contribution in [3.63, 3.8) is 0 Å². The first kappa shape index (κ1) is 15.8. The summed E-state index contributed by atoms with van der Waals surface area (Å²) in [5, 5.41) is 2.21. The number of carbonyl (C=O) groups excluding carboxylic acids is 3. The van der Waals surface area contributed by atoms with Crippen LogP contribution < -0.4 is 5.32 Å². The first-order chi connectivity index (χ1) is 7.73. The molecule has 1 atom stereocenters. The zero-order valence-corrected chi connectivity index (χ0v) is 11.4. The molecular formula is C13H23NO3. The van der Waals surface area contributed by atoms with Gasteiger partial charge in [-0.25, -0.2) is 0 Å². The number of amides is 2. The second-order valence-corrected chi connectivity index (χ2v) is 5.19. The van der Waals surface area contributed by atoms with E-state index in [0.717, 1.165) is 0 Å². The minimum atomic E-state index is -0.379. The average Bonchev–Trinajstić information content (AvgIpc) is 2.13. The summed E-state index contributed by atoms with van der Waals surface area (Å²) < 4.78 is 0. The highest BCUT2D eigenvalue weighted by Gasteiger charge is 2.25. The van der Waals surface area contributed by atoms with Gasteiger partial charge in [-0.1, -0.05) is 27.7 Å². The third-order valence-corrected chi connectivity index (χ3v) is 2.47. The summed E-state index contributed by atoms with van der Waals surface area (Å²) in [6, 6.07) is 0. The normalized spacial score (nSPS) is 12.6. The molecule has 0 bridgehead atoms. The summed E-state index contributed by atoms with van der Waals surface area (Å²) >= 11 is 0. The summed E-state index contributed by atoms with van der Waals surface area (Å²) in [5.41, 5.74) is 0. The molecule has 0 aliphatic rings. The van der Waals surface area contributed by atoms with Crippen LogP contribution in [0.5, 0.6) is 0 Å². The maximum atomic E-state index is 11.9. The van der Waals surface area contributed by atoms with Gasteiger partial charge < -0.3 is 0 Å². The van der Waals surface area contributed by atoms with E-state index in [-0.39, 0.29) is 35.9 Å². The number of rotatable bonds is 6. The molecule has 4 nitrogen and oxygen atoms in total. The van der Waals surface area contributed by atoms with Gasteiger partial charge >= 0.3 is 0 Å². The summed E-state index contributed by atoms with van der Waals surface area (Å²) in [6.07, 6.45) is 0.789. The molecule has 4 heteroatoms. The predicted molar refractivity (Wildman–Crippen MR) is 66.2 cm³/mol. The molecule has 98 valence electrons. The molecule has 0 aliphatic heterocycles. The Kier molecular flexibility index (Phi) is 6.69.